The normalized spacial score (nSPS) is 11.0. The molecule has 10 heteroatoms. The molecule has 10 nitrogen and oxygen atoms in total. The van der Waals surface area contributed by atoms with Gasteiger partial charge in [-0.15, -0.1) is 0 Å². The number of ether oxygens (including phenoxy) is 3. The number of anilines is 3. The first-order chi connectivity index (χ1) is 11.6. The number of carbonyl (C=O) groups excluding carboxylic acids is 1. The minimum absolute atomic E-state index is 0.00582. The SMILES string of the molecule is COC(=O)c1c(Oc2ccc(OC(N)(N)N)c(N)c2)ccc(N)c1N. The van der Waals surface area contributed by atoms with Gasteiger partial charge in [-0.05, 0) is 24.3 Å². The topological polar surface area (TPSA) is 201 Å². The van der Waals surface area contributed by atoms with Crippen LogP contribution in [0.5, 0.6) is 17.2 Å². The average Bonchev–Trinajstić information content (AvgIpc) is 2.52. The third-order valence-corrected chi connectivity index (χ3v) is 3.13. The van der Waals surface area contributed by atoms with Gasteiger partial charge in [-0.2, -0.15) is 0 Å². The van der Waals surface area contributed by atoms with E-state index in [-0.39, 0.29) is 34.1 Å². The molecule has 0 aliphatic rings. The van der Waals surface area contributed by atoms with Gasteiger partial charge in [0.1, 0.15) is 22.8 Å². The van der Waals surface area contributed by atoms with Crippen molar-refractivity contribution >= 4 is 23.0 Å². The number of benzene rings is 2. The molecule has 0 aliphatic heterocycles. The van der Waals surface area contributed by atoms with Gasteiger partial charge in [0.05, 0.1) is 24.2 Å². The van der Waals surface area contributed by atoms with E-state index >= 15 is 0 Å². The third kappa shape index (κ3) is 4.20. The van der Waals surface area contributed by atoms with Crippen molar-refractivity contribution in [3.63, 3.8) is 0 Å². The second-order valence-corrected chi connectivity index (χ2v) is 5.19. The maximum atomic E-state index is 12.0. The molecular weight excluding hydrogens is 328 g/mol. The van der Waals surface area contributed by atoms with Gasteiger partial charge in [-0.3, -0.25) is 17.2 Å². The zero-order valence-electron chi connectivity index (χ0n) is 13.5. The molecular formula is C15H20N6O4. The van der Waals surface area contributed by atoms with Gasteiger partial charge in [0.2, 0.25) is 0 Å². The van der Waals surface area contributed by atoms with E-state index in [4.69, 9.17) is 48.6 Å². The molecule has 0 fully saturated rings. The van der Waals surface area contributed by atoms with Crippen LogP contribution in [0.2, 0.25) is 0 Å². The summed E-state index contributed by atoms with van der Waals surface area (Å²) in [5, 5.41) is 0. The van der Waals surface area contributed by atoms with Crippen LogP contribution in [0.1, 0.15) is 10.4 Å². The number of hydrogen-bond acceptors (Lipinski definition) is 10. The first kappa shape index (κ1) is 18.1. The Balaban J connectivity index is 2.36. The molecule has 0 atom stereocenters. The highest BCUT2D eigenvalue weighted by Gasteiger charge is 2.20. The molecule has 0 radical (unpaired) electrons. The number of hydrogen-bond donors (Lipinski definition) is 6. The van der Waals surface area contributed by atoms with Crippen LogP contribution in [0.4, 0.5) is 17.1 Å². The summed E-state index contributed by atoms with van der Waals surface area (Å²) >= 11 is 0. The van der Waals surface area contributed by atoms with E-state index in [1.807, 2.05) is 0 Å². The molecule has 0 unspecified atom stereocenters. The molecule has 0 amide bonds. The van der Waals surface area contributed by atoms with Crippen molar-refractivity contribution in [2.45, 2.75) is 5.97 Å². The van der Waals surface area contributed by atoms with Crippen molar-refractivity contribution in [3.05, 3.63) is 35.9 Å². The second kappa shape index (κ2) is 6.73. The monoisotopic (exact) mass is 348 g/mol. The predicted molar refractivity (Wildman–Crippen MR) is 93.5 cm³/mol. The molecule has 0 saturated carbocycles. The first-order valence-electron chi connectivity index (χ1n) is 7.01. The van der Waals surface area contributed by atoms with E-state index < -0.39 is 11.9 Å². The van der Waals surface area contributed by atoms with Gasteiger partial charge >= 0.3 is 5.97 Å². The number of rotatable bonds is 5. The van der Waals surface area contributed by atoms with Gasteiger partial charge in [0.15, 0.2) is 0 Å². The fourth-order valence-electron chi connectivity index (χ4n) is 2.01. The van der Waals surface area contributed by atoms with Crippen LogP contribution in [-0.4, -0.2) is 19.1 Å². The molecule has 0 saturated heterocycles. The van der Waals surface area contributed by atoms with Crippen molar-refractivity contribution in [2.24, 2.45) is 17.2 Å². The lowest BCUT2D eigenvalue weighted by molar-refractivity contribution is 0.0599. The summed E-state index contributed by atoms with van der Waals surface area (Å²) < 4.78 is 15.5. The second-order valence-electron chi connectivity index (χ2n) is 5.19. The summed E-state index contributed by atoms with van der Waals surface area (Å²) in [6.45, 7) is 0. The number of carbonyl (C=O) groups is 1. The lowest BCUT2D eigenvalue weighted by atomic mass is 10.1. The summed E-state index contributed by atoms with van der Waals surface area (Å²) in [5.41, 5.74) is 34.0. The fraction of sp³-hybridized carbons (Fsp3) is 0.133. The van der Waals surface area contributed by atoms with Gasteiger partial charge in [0, 0.05) is 6.07 Å². The molecule has 0 aliphatic carbocycles. The lowest BCUT2D eigenvalue weighted by Gasteiger charge is -2.21. The zero-order chi connectivity index (χ0) is 18.8. The van der Waals surface area contributed by atoms with E-state index in [1.54, 1.807) is 0 Å². The highest BCUT2D eigenvalue weighted by Crippen LogP contribution is 2.35. The highest BCUT2D eigenvalue weighted by atomic mass is 16.5. The fourth-order valence-corrected chi connectivity index (χ4v) is 2.01. The van der Waals surface area contributed by atoms with E-state index in [0.717, 1.165) is 0 Å². The first-order valence-corrected chi connectivity index (χ1v) is 7.01. The zero-order valence-corrected chi connectivity index (χ0v) is 13.5. The quantitative estimate of drug-likeness (QED) is 0.240. The Morgan fingerprint density at radius 1 is 0.960 bits per heavy atom. The molecule has 2 aromatic carbocycles. The molecule has 0 bridgehead atoms. The smallest absolute Gasteiger partial charge is 0.343 e. The van der Waals surface area contributed by atoms with Crippen LogP contribution < -0.4 is 43.9 Å². The van der Waals surface area contributed by atoms with Crippen LogP contribution in [0.15, 0.2) is 30.3 Å². The third-order valence-electron chi connectivity index (χ3n) is 3.13. The molecule has 25 heavy (non-hydrogen) atoms. The molecule has 2 rings (SSSR count). The van der Waals surface area contributed by atoms with Crippen molar-refractivity contribution in [1.82, 2.24) is 0 Å². The van der Waals surface area contributed by atoms with Crippen molar-refractivity contribution in [1.29, 1.82) is 0 Å². The summed E-state index contributed by atoms with van der Waals surface area (Å²) in [5.74, 6) is -1.94. The Morgan fingerprint density at radius 3 is 2.16 bits per heavy atom. The number of nitrogens with two attached hydrogens (primary N) is 6. The molecule has 12 N–H and O–H groups in total. The van der Waals surface area contributed by atoms with Gasteiger partial charge in [-0.1, -0.05) is 0 Å². The highest BCUT2D eigenvalue weighted by molar-refractivity contribution is 6.01. The standard InChI is InChI=1S/C15H20N6O4/c1-23-14(22)12-11(5-3-8(16)13(12)18)24-7-2-4-10(9(17)6-7)25-15(19,20)21/h2-6H,16-21H2,1H3. The van der Waals surface area contributed by atoms with E-state index in [1.165, 1.54) is 37.4 Å². The molecule has 0 spiro atoms. The largest absolute Gasteiger partial charge is 0.465 e. The molecule has 0 heterocycles. The Bertz CT molecular complexity index is 803. The van der Waals surface area contributed by atoms with Crippen LogP contribution >= 0.6 is 0 Å². The average molecular weight is 348 g/mol. The van der Waals surface area contributed by atoms with Gasteiger partial charge < -0.3 is 31.4 Å². The molecule has 0 aromatic heterocycles. The van der Waals surface area contributed by atoms with Crippen molar-refractivity contribution in [3.8, 4) is 17.2 Å². The van der Waals surface area contributed by atoms with Crippen molar-refractivity contribution in [2.75, 3.05) is 24.3 Å². The molecule has 2 aromatic rings. The van der Waals surface area contributed by atoms with Gasteiger partial charge in [-0.25, -0.2) is 4.79 Å². The van der Waals surface area contributed by atoms with E-state index in [9.17, 15) is 4.79 Å². The predicted octanol–water partition coefficient (Wildman–Crippen LogP) is -0.122. The Hall–Kier alpha value is -3.21. The summed E-state index contributed by atoms with van der Waals surface area (Å²) in [7, 11) is 1.22. The Labute approximate surface area is 143 Å². The number of esters is 1. The Morgan fingerprint density at radius 2 is 1.60 bits per heavy atom. The van der Waals surface area contributed by atoms with Gasteiger partial charge in [0.25, 0.3) is 5.97 Å². The van der Waals surface area contributed by atoms with Crippen molar-refractivity contribution < 1.29 is 19.0 Å². The number of methoxy groups -OCH3 is 1. The summed E-state index contributed by atoms with van der Waals surface area (Å²) in [4.78, 5) is 12.0. The van der Waals surface area contributed by atoms with Crippen LogP contribution in [0.25, 0.3) is 0 Å². The minimum Gasteiger partial charge on any atom is -0.465 e. The van der Waals surface area contributed by atoms with Crippen LogP contribution in [0.3, 0.4) is 0 Å². The summed E-state index contributed by atoms with van der Waals surface area (Å²) in [6, 6.07) is 7.41. The number of nitrogen functional groups attached to an aromatic ring is 3. The maximum absolute atomic E-state index is 12.0. The lowest BCUT2D eigenvalue weighted by Crippen LogP contribution is -2.62. The minimum atomic E-state index is -1.88. The van der Waals surface area contributed by atoms with Crippen LogP contribution in [-0.2, 0) is 4.74 Å². The maximum Gasteiger partial charge on any atom is 0.343 e. The summed E-state index contributed by atoms with van der Waals surface area (Å²) in [6.07, 6.45) is 0. The molecule has 134 valence electrons. The van der Waals surface area contributed by atoms with Crippen LogP contribution in [0, 0.1) is 0 Å². The Kier molecular flexibility index (Phi) is 4.88. The van der Waals surface area contributed by atoms with E-state index in [2.05, 4.69) is 0 Å². The van der Waals surface area contributed by atoms with E-state index in [0.29, 0.717) is 5.75 Å².